The monoisotopic (exact) mass is 546 g/mol. The Morgan fingerprint density at radius 3 is 2.49 bits per heavy atom. The maximum absolute atomic E-state index is 13.3. The highest BCUT2D eigenvalue weighted by Gasteiger charge is 2.29. The van der Waals surface area contributed by atoms with Gasteiger partial charge in [0.25, 0.3) is 0 Å². The van der Waals surface area contributed by atoms with Gasteiger partial charge in [0.1, 0.15) is 46.5 Å². The van der Waals surface area contributed by atoms with Crippen molar-refractivity contribution in [2.45, 2.75) is 20.5 Å². The number of para-hydroxylation sites is 1. The molecule has 7 nitrogen and oxygen atoms in total. The fraction of sp³-hybridized carbons (Fsp3) is 0.118. The Labute approximate surface area is 236 Å². The number of carbonyl (C=O) groups excluding carboxylic acids is 2. The maximum atomic E-state index is 13.3. The summed E-state index contributed by atoms with van der Waals surface area (Å²) in [5, 5.41) is 0.587. The van der Waals surface area contributed by atoms with Crippen LogP contribution in [0.5, 0.6) is 23.0 Å². The number of hydrogen-bond donors (Lipinski definition) is 0. The van der Waals surface area contributed by atoms with Gasteiger partial charge >= 0.3 is 5.97 Å². The van der Waals surface area contributed by atoms with E-state index in [1.54, 1.807) is 43.3 Å². The molecule has 1 aliphatic heterocycles. The number of hydrogen-bond acceptors (Lipinski definition) is 7. The number of furan rings is 1. The average molecular weight is 547 g/mol. The SMILES string of the molecule is CCOc1ccccc1C=C1Oc2cc(OC(=O)c3c(C)oc4ccc(OCc5ccccc5)cc34)ccc2C1=O. The van der Waals surface area contributed by atoms with Crippen molar-refractivity contribution in [1.29, 1.82) is 0 Å². The molecule has 1 aliphatic rings. The van der Waals surface area contributed by atoms with Crippen molar-refractivity contribution >= 4 is 28.8 Å². The molecular formula is C34H26O7. The van der Waals surface area contributed by atoms with Crippen LogP contribution in [0.25, 0.3) is 17.0 Å². The summed E-state index contributed by atoms with van der Waals surface area (Å²) in [6, 6.07) is 27.3. The first-order chi connectivity index (χ1) is 20.0. The van der Waals surface area contributed by atoms with Crippen molar-refractivity contribution in [3.8, 4) is 23.0 Å². The number of carbonyl (C=O) groups is 2. The van der Waals surface area contributed by atoms with E-state index in [2.05, 4.69) is 0 Å². The lowest BCUT2D eigenvalue weighted by molar-refractivity contribution is 0.0734. The minimum Gasteiger partial charge on any atom is -0.493 e. The summed E-state index contributed by atoms with van der Waals surface area (Å²) in [4.78, 5) is 26.3. The Morgan fingerprint density at radius 1 is 0.878 bits per heavy atom. The van der Waals surface area contributed by atoms with Gasteiger partial charge in [-0.25, -0.2) is 4.79 Å². The van der Waals surface area contributed by atoms with Crippen molar-refractivity contribution in [3.05, 3.63) is 125 Å². The van der Waals surface area contributed by atoms with Gasteiger partial charge < -0.3 is 23.4 Å². The molecule has 0 saturated carbocycles. The Bertz CT molecular complexity index is 1800. The average Bonchev–Trinajstić information content (AvgIpc) is 3.48. The summed E-state index contributed by atoms with van der Waals surface area (Å²) in [6.45, 7) is 4.50. The normalized spacial score (nSPS) is 13.2. The van der Waals surface area contributed by atoms with Crippen molar-refractivity contribution in [1.82, 2.24) is 0 Å². The first kappa shape index (κ1) is 26.0. The van der Waals surface area contributed by atoms with Crippen molar-refractivity contribution in [3.63, 3.8) is 0 Å². The number of ketones is 1. The van der Waals surface area contributed by atoms with Gasteiger partial charge in [-0.1, -0.05) is 48.5 Å². The molecule has 204 valence electrons. The molecule has 0 radical (unpaired) electrons. The van der Waals surface area contributed by atoms with Crippen LogP contribution in [0.2, 0.25) is 0 Å². The lowest BCUT2D eigenvalue weighted by atomic mass is 10.1. The van der Waals surface area contributed by atoms with Crippen molar-refractivity contribution in [2.24, 2.45) is 0 Å². The number of Topliss-reactive ketones (excluding diaryl/α,β-unsaturated/α-hetero) is 1. The summed E-state index contributed by atoms with van der Waals surface area (Å²) in [7, 11) is 0. The number of aryl methyl sites for hydroxylation is 1. The zero-order chi connectivity index (χ0) is 28.3. The van der Waals surface area contributed by atoms with Gasteiger partial charge in [0.05, 0.1) is 12.2 Å². The van der Waals surface area contributed by atoms with Crippen LogP contribution in [-0.2, 0) is 6.61 Å². The van der Waals surface area contributed by atoms with Gasteiger partial charge in [-0.2, -0.15) is 0 Å². The predicted molar refractivity (Wildman–Crippen MR) is 154 cm³/mol. The molecule has 0 amide bonds. The summed E-state index contributed by atoms with van der Waals surface area (Å²) in [6.07, 6.45) is 1.65. The van der Waals surface area contributed by atoms with E-state index in [9.17, 15) is 9.59 Å². The van der Waals surface area contributed by atoms with Crippen molar-refractivity contribution < 1.29 is 33.0 Å². The summed E-state index contributed by atoms with van der Waals surface area (Å²) >= 11 is 0. The highest BCUT2D eigenvalue weighted by molar-refractivity contribution is 6.14. The van der Waals surface area contributed by atoms with Gasteiger partial charge in [0.15, 0.2) is 5.76 Å². The van der Waals surface area contributed by atoms with Crippen LogP contribution >= 0.6 is 0 Å². The Kier molecular flexibility index (Phi) is 7.00. The minimum absolute atomic E-state index is 0.162. The molecule has 5 aromatic rings. The molecule has 0 atom stereocenters. The zero-order valence-electron chi connectivity index (χ0n) is 22.5. The Morgan fingerprint density at radius 2 is 1.66 bits per heavy atom. The largest absolute Gasteiger partial charge is 0.493 e. The van der Waals surface area contributed by atoms with E-state index < -0.39 is 5.97 Å². The molecule has 4 aromatic carbocycles. The van der Waals surface area contributed by atoms with Gasteiger partial charge in [0.2, 0.25) is 5.78 Å². The fourth-order valence-electron chi connectivity index (χ4n) is 4.70. The maximum Gasteiger partial charge on any atom is 0.347 e. The number of ether oxygens (including phenoxy) is 4. The molecule has 6 rings (SSSR count). The molecule has 1 aromatic heterocycles. The smallest absolute Gasteiger partial charge is 0.347 e. The fourth-order valence-corrected chi connectivity index (χ4v) is 4.70. The second kappa shape index (κ2) is 11.1. The number of esters is 1. The third-order valence-electron chi connectivity index (χ3n) is 6.65. The Balaban J connectivity index is 1.22. The molecule has 41 heavy (non-hydrogen) atoms. The van der Waals surface area contributed by atoms with E-state index in [0.29, 0.717) is 58.3 Å². The standard InChI is InChI=1S/C34H26O7/c1-3-37-28-12-8-7-11-23(28)17-31-33(35)26-15-13-25(19-30(26)41-31)40-34(36)32-21(2)39-29-16-14-24(18-27(29)32)38-20-22-9-5-4-6-10-22/h4-19H,3,20H2,1-2H3. The van der Waals surface area contributed by atoms with E-state index in [1.807, 2.05) is 61.5 Å². The van der Waals surface area contributed by atoms with E-state index in [1.165, 1.54) is 6.07 Å². The zero-order valence-corrected chi connectivity index (χ0v) is 22.5. The molecule has 0 bridgehead atoms. The van der Waals surface area contributed by atoms with Gasteiger partial charge in [-0.3, -0.25) is 4.79 Å². The van der Waals surface area contributed by atoms with Crippen LogP contribution in [0.4, 0.5) is 0 Å². The Hall–Kier alpha value is -5.30. The molecular weight excluding hydrogens is 520 g/mol. The van der Waals surface area contributed by atoms with Crippen LogP contribution in [0.1, 0.15) is 44.5 Å². The van der Waals surface area contributed by atoms with Gasteiger partial charge in [0, 0.05) is 17.0 Å². The molecule has 2 heterocycles. The molecule has 0 spiro atoms. The van der Waals surface area contributed by atoms with E-state index in [0.717, 1.165) is 11.1 Å². The van der Waals surface area contributed by atoms with E-state index >= 15 is 0 Å². The summed E-state index contributed by atoms with van der Waals surface area (Å²) in [5.74, 6) is 1.54. The molecule has 0 fully saturated rings. The highest BCUT2D eigenvalue weighted by atomic mass is 16.5. The number of rotatable bonds is 8. The second-order valence-corrected chi connectivity index (χ2v) is 9.42. The number of allylic oxidation sites excluding steroid dienone is 1. The second-order valence-electron chi connectivity index (χ2n) is 9.42. The molecule has 0 unspecified atom stereocenters. The molecule has 7 heteroatoms. The summed E-state index contributed by atoms with van der Waals surface area (Å²) in [5.41, 5.74) is 2.99. The quantitative estimate of drug-likeness (QED) is 0.113. The summed E-state index contributed by atoms with van der Waals surface area (Å²) < 4.78 is 29.0. The van der Waals surface area contributed by atoms with Crippen LogP contribution in [0, 0.1) is 6.92 Å². The first-order valence-electron chi connectivity index (χ1n) is 13.2. The van der Waals surface area contributed by atoms with Gasteiger partial charge in [-0.05, 0) is 61.9 Å². The van der Waals surface area contributed by atoms with Crippen LogP contribution < -0.4 is 18.9 Å². The van der Waals surface area contributed by atoms with E-state index in [-0.39, 0.29) is 17.3 Å². The minimum atomic E-state index is -0.591. The molecule has 0 N–H and O–H groups in total. The molecule has 0 saturated heterocycles. The lowest BCUT2D eigenvalue weighted by Crippen LogP contribution is -2.09. The van der Waals surface area contributed by atoms with Crippen LogP contribution in [0.3, 0.4) is 0 Å². The van der Waals surface area contributed by atoms with E-state index in [4.69, 9.17) is 23.4 Å². The predicted octanol–water partition coefficient (Wildman–Crippen LogP) is 7.55. The van der Waals surface area contributed by atoms with Gasteiger partial charge in [-0.15, -0.1) is 0 Å². The lowest BCUT2D eigenvalue weighted by Gasteiger charge is -2.08. The van der Waals surface area contributed by atoms with Crippen molar-refractivity contribution in [2.75, 3.05) is 6.61 Å². The molecule has 0 aliphatic carbocycles. The first-order valence-corrected chi connectivity index (χ1v) is 13.2. The third-order valence-corrected chi connectivity index (χ3v) is 6.65. The topological polar surface area (TPSA) is 84.2 Å². The van der Waals surface area contributed by atoms with Crippen LogP contribution in [-0.4, -0.2) is 18.4 Å². The number of fused-ring (bicyclic) bond motifs is 2. The van der Waals surface area contributed by atoms with Crippen LogP contribution in [0.15, 0.2) is 101 Å². The third kappa shape index (κ3) is 5.30. The number of benzene rings is 4. The highest BCUT2D eigenvalue weighted by Crippen LogP contribution is 2.37.